The Balaban J connectivity index is 1.57. The predicted molar refractivity (Wildman–Crippen MR) is 126 cm³/mol. The minimum Gasteiger partial charge on any atom is -0.480 e. The molecule has 1 saturated heterocycles. The van der Waals surface area contributed by atoms with Crippen LogP contribution in [0.3, 0.4) is 0 Å². The molecule has 1 N–H and O–H groups in total. The van der Waals surface area contributed by atoms with Crippen LogP contribution in [0.5, 0.6) is 0 Å². The molecule has 1 aliphatic rings. The Labute approximate surface area is 193 Å². The molecule has 0 aliphatic carbocycles. The van der Waals surface area contributed by atoms with E-state index >= 15 is 0 Å². The van der Waals surface area contributed by atoms with Crippen LogP contribution in [0.2, 0.25) is 5.02 Å². The van der Waals surface area contributed by atoms with Crippen LogP contribution in [0.15, 0.2) is 76.1 Å². The molecule has 156 valence electrons. The number of aliphatic carboxylic acids is 1. The largest absolute Gasteiger partial charge is 0.480 e. The number of carboxylic acids is 1. The summed E-state index contributed by atoms with van der Waals surface area (Å²) in [7, 11) is 0. The van der Waals surface area contributed by atoms with Crippen molar-refractivity contribution in [3.63, 3.8) is 0 Å². The average molecular weight is 470 g/mol. The minimum absolute atomic E-state index is 0.162. The fraction of sp³-hybridized carbons (Fsp3) is 0.0870. The summed E-state index contributed by atoms with van der Waals surface area (Å²) in [5.74, 6) is -0.483. The molecule has 1 fully saturated rings. The number of benzene rings is 2. The van der Waals surface area contributed by atoms with Crippen LogP contribution >= 0.6 is 35.6 Å². The van der Waals surface area contributed by atoms with E-state index in [0.29, 0.717) is 21.4 Å². The van der Waals surface area contributed by atoms with Crippen molar-refractivity contribution in [2.45, 2.75) is 12.5 Å². The summed E-state index contributed by atoms with van der Waals surface area (Å²) in [5.41, 5.74) is 1.62. The van der Waals surface area contributed by atoms with E-state index in [-0.39, 0.29) is 10.7 Å². The molecule has 8 heteroatoms. The topological polar surface area (TPSA) is 70.8 Å². The maximum absolute atomic E-state index is 13.0. The number of halogens is 1. The highest BCUT2D eigenvalue weighted by Gasteiger charge is 2.40. The molecular weight excluding hydrogens is 454 g/mol. The second kappa shape index (κ2) is 9.09. The van der Waals surface area contributed by atoms with Crippen LogP contribution in [0.4, 0.5) is 0 Å². The van der Waals surface area contributed by atoms with Gasteiger partial charge in [-0.1, -0.05) is 78.0 Å². The van der Waals surface area contributed by atoms with E-state index in [4.69, 9.17) is 28.2 Å². The molecule has 1 atom stereocenters. The lowest BCUT2D eigenvalue weighted by Crippen LogP contribution is -2.45. The fourth-order valence-corrected chi connectivity index (χ4v) is 4.76. The first-order valence-corrected chi connectivity index (χ1v) is 10.9. The summed E-state index contributed by atoms with van der Waals surface area (Å²) in [4.78, 5) is 26.4. The molecule has 5 nitrogen and oxygen atoms in total. The maximum atomic E-state index is 13.0. The van der Waals surface area contributed by atoms with E-state index < -0.39 is 17.9 Å². The number of carbonyl (C=O) groups is 2. The standard InChI is InChI=1S/C23H16ClNO4S2/c24-16-8-4-7-15(12-16)19-10-9-17(29-19)13-20-21(26)25(23(30)31-20)18(22(27)28)11-14-5-2-1-3-6-14/h1-10,12-13,18H,11H2,(H,27,28)/b20-13-. The van der Waals surface area contributed by atoms with Gasteiger partial charge in [-0.15, -0.1) is 0 Å². The molecule has 4 rings (SSSR count). The summed E-state index contributed by atoms with van der Waals surface area (Å²) in [6.07, 6.45) is 1.74. The second-order valence-electron chi connectivity index (χ2n) is 6.81. The average Bonchev–Trinajstić information content (AvgIpc) is 3.32. The predicted octanol–water partition coefficient (Wildman–Crippen LogP) is 5.50. The lowest BCUT2D eigenvalue weighted by Gasteiger charge is -2.23. The van der Waals surface area contributed by atoms with Gasteiger partial charge in [0, 0.05) is 23.1 Å². The van der Waals surface area contributed by atoms with Crippen molar-refractivity contribution in [3.05, 3.63) is 88.0 Å². The van der Waals surface area contributed by atoms with E-state index in [1.165, 1.54) is 4.90 Å². The van der Waals surface area contributed by atoms with Gasteiger partial charge in [-0.3, -0.25) is 9.69 Å². The van der Waals surface area contributed by atoms with Crippen molar-refractivity contribution in [1.29, 1.82) is 0 Å². The smallest absolute Gasteiger partial charge is 0.327 e. The van der Waals surface area contributed by atoms with E-state index in [9.17, 15) is 14.7 Å². The second-order valence-corrected chi connectivity index (χ2v) is 8.92. The summed E-state index contributed by atoms with van der Waals surface area (Å²) < 4.78 is 6.04. The number of nitrogens with zero attached hydrogens (tertiary/aromatic N) is 1. The maximum Gasteiger partial charge on any atom is 0.327 e. The van der Waals surface area contributed by atoms with Crippen LogP contribution in [0.25, 0.3) is 17.4 Å². The number of hydrogen-bond donors (Lipinski definition) is 1. The summed E-state index contributed by atoms with van der Waals surface area (Å²) in [6.45, 7) is 0. The monoisotopic (exact) mass is 469 g/mol. The Hall–Kier alpha value is -2.87. The number of hydrogen-bond acceptors (Lipinski definition) is 5. The Bertz CT molecular complexity index is 1190. The molecule has 31 heavy (non-hydrogen) atoms. The molecule has 0 bridgehead atoms. The lowest BCUT2D eigenvalue weighted by atomic mass is 10.0. The van der Waals surface area contributed by atoms with Crippen LogP contribution in [0, 0.1) is 0 Å². The van der Waals surface area contributed by atoms with Crippen molar-refractivity contribution < 1.29 is 19.1 Å². The molecule has 3 aromatic rings. The third-order valence-corrected chi connectivity index (χ3v) is 6.27. The molecule has 2 heterocycles. The molecular formula is C23H16ClNO4S2. The number of thiocarbonyl (C=S) groups is 1. The first kappa shape index (κ1) is 21.4. The van der Waals surface area contributed by atoms with Gasteiger partial charge >= 0.3 is 5.97 Å². The molecule has 2 aromatic carbocycles. The van der Waals surface area contributed by atoms with E-state index in [1.54, 1.807) is 30.3 Å². The highest BCUT2D eigenvalue weighted by Crippen LogP contribution is 2.35. The van der Waals surface area contributed by atoms with Gasteiger partial charge in [-0.25, -0.2) is 4.79 Å². The fourth-order valence-electron chi connectivity index (χ4n) is 3.23. The van der Waals surface area contributed by atoms with Crippen molar-refractivity contribution in [2.24, 2.45) is 0 Å². The quantitative estimate of drug-likeness (QED) is 0.380. The summed E-state index contributed by atoms with van der Waals surface area (Å²) >= 11 is 12.4. The number of thioether (sulfide) groups is 1. The van der Waals surface area contributed by atoms with Gasteiger partial charge in [0.2, 0.25) is 0 Å². The number of amides is 1. The summed E-state index contributed by atoms with van der Waals surface area (Å²) in [5, 5.41) is 10.3. The number of rotatable bonds is 6. The van der Waals surface area contributed by atoms with E-state index in [0.717, 1.165) is 22.9 Å². The van der Waals surface area contributed by atoms with Crippen molar-refractivity contribution >= 4 is 57.9 Å². The van der Waals surface area contributed by atoms with Gasteiger partial charge in [-0.2, -0.15) is 0 Å². The Kier molecular flexibility index (Phi) is 6.27. The van der Waals surface area contributed by atoms with Gasteiger partial charge in [0.15, 0.2) is 0 Å². The van der Waals surface area contributed by atoms with E-state index in [2.05, 4.69) is 0 Å². The minimum atomic E-state index is -1.11. The normalized spacial score (nSPS) is 16.2. The first-order valence-electron chi connectivity index (χ1n) is 9.32. The van der Waals surface area contributed by atoms with Gasteiger partial charge < -0.3 is 9.52 Å². The zero-order chi connectivity index (χ0) is 22.0. The molecule has 1 amide bonds. The molecule has 1 unspecified atom stereocenters. The molecule has 1 aliphatic heterocycles. The molecule has 0 saturated carbocycles. The van der Waals surface area contributed by atoms with Crippen molar-refractivity contribution in [3.8, 4) is 11.3 Å². The van der Waals surface area contributed by atoms with Gasteiger partial charge in [-0.05, 0) is 29.8 Å². The highest BCUT2D eigenvalue weighted by molar-refractivity contribution is 8.26. The summed E-state index contributed by atoms with van der Waals surface area (Å²) in [6, 6.07) is 18.8. The third-order valence-electron chi connectivity index (χ3n) is 4.70. The lowest BCUT2D eigenvalue weighted by molar-refractivity contribution is -0.145. The number of carboxylic acid groups (broad SMARTS) is 1. The highest BCUT2D eigenvalue weighted by atomic mass is 35.5. The van der Waals surface area contributed by atoms with Crippen molar-refractivity contribution in [1.82, 2.24) is 4.90 Å². The SMILES string of the molecule is O=C(O)C(Cc1ccccc1)N1C(=O)/C(=C/c2ccc(-c3cccc(Cl)c3)o2)SC1=S. The van der Waals surface area contributed by atoms with Crippen LogP contribution < -0.4 is 0 Å². The molecule has 0 radical (unpaired) electrons. The zero-order valence-corrected chi connectivity index (χ0v) is 18.4. The Morgan fingerprint density at radius 1 is 1.16 bits per heavy atom. The van der Waals surface area contributed by atoms with Crippen LogP contribution in [0.1, 0.15) is 11.3 Å². The van der Waals surface area contributed by atoms with Crippen LogP contribution in [-0.4, -0.2) is 32.2 Å². The third kappa shape index (κ3) is 4.74. The number of furan rings is 1. The Morgan fingerprint density at radius 3 is 2.65 bits per heavy atom. The molecule has 1 aromatic heterocycles. The number of carbonyl (C=O) groups excluding carboxylic acids is 1. The van der Waals surface area contributed by atoms with E-state index in [1.807, 2.05) is 42.5 Å². The molecule has 0 spiro atoms. The van der Waals surface area contributed by atoms with Gasteiger partial charge in [0.25, 0.3) is 5.91 Å². The van der Waals surface area contributed by atoms with Gasteiger partial charge in [0.05, 0.1) is 4.91 Å². The Morgan fingerprint density at radius 2 is 1.94 bits per heavy atom. The van der Waals surface area contributed by atoms with Gasteiger partial charge in [0.1, 0.15) is 21.9 Å². The van der Waals surface area contributed by atoms with Crippen molar-refractivity contribution in [2.75, 3.05) is 0 Å². The zero-order valence-electron chi connectivity index (χ0n) is 16.0. The first-order chi connectivity index (χ1) is 14.9. The van der Waals surface area contributed by atoms with Crippen LogP contribution in [-0.2, 0) is 16.0 Å².